The van der Waals surface area contributed by atoms with E-state index in [-0.39, 0.29) is 23.7 Å². The molecule has 0 aliphatic heterocycles. The molecule has 1 amide bonds. The summed E-state index contributed by atoms with van der Waals surface area (Å²) in [5, 5.41) is 11.8. The number of carboxylic acids is 1. The maximum absolute atomic E-state index is 14.2. The Morgan fingerprint density at radius 2 is 1.82 bits per heavy atom. The Labute approximate surface area is 128 Å². The molecule has 0 heterocycles. The van der Waals surface area contributed by atoms with Crippen LogP contribution in [-0.4, -0.2) is 23.0 Å². The predicted octanol–water partition coefficient (Wildman–Crippen LogP) is 2.62. The number of benzene rings is 1. The summed E-state index contributed by atoms with van der Waals surface area (Å²) in [5.41, 5.74) is -0.321. The molecule has 2 aliphatic carbocycles. The number of hydrogen-bond donors (Lipinski definition) is 2. The first-order valence-corrected chi connectivity index (χ1v) is 7.82. The highest BCUT2D eigenvalue weighted by Crippen LogP contribution is 2.43. The van der Waals surface area contributed by atoms with Gasteiger partial charge >= 0.3 is 5.97 Å². The number of hydrogen-bond acceptors (Lipinski definition) is 2. The molecular weight excluding hydrogens is 285 g/mol. The number of aliphatic carboxylic acids is 1. The van der Waals surface area contributed by atoms with E-state index < -0.39 is 11.4 Å². The van der Waals surface area contributed by atoms with Gasteiger partial charge in [0.1, 0.15) is 5.82 Å². The maximum atomic E-state index is 14.2. The summed E-state index contributed by atoms with van der Waals surface area (Å²) in [6, 6.07) is 6.38. The summed E-state index contributed by atoms with van der Waals surface area (Å²) in [7, 11) is 0. The first kappa shape index (κ1) is 15.0. The van der Waals surface area contributed by atoms with E-state index in [4.69, 9.17) is 5.11 Å². The highest BCUT2D eigenvalue weighted by Gasteiger charge is 2.46. The lowest BCUT2D eigenvalue weighted by atomic mass is 9.75. The summed E-state index contributed by atoms with van der Waals surface area (Å²) in [6.07, 6.45) is 4.04. The number of carbonyl (C=O) groups is 2. The van der Waals surface area contributed by atoms with E-state index in [2.05, 4.69) is 5.32 Å². The third-order valence-corrected chi connectivity index (χ3v) is 5.10. The van der Waals surface area contributed by atoms with Crippen LogP contribution in [0.5, 0.6) is 0 Å². The van der Waals surface area contributed by atoms with Gasteiger partial charge in [-0.1, -0.05) is 31.0 Å². The molecular formula is C17H20FNO3. The van der Waals surface area contributed by atoms with E-state index in [1.54, 1.807) is 18.2 Å². The van der Waals surface area contributed by atoms with Gasteiger partial charge in [0.25, 0.3) is 0 Å². The van der Waals surface area contributed by atoms with Crippen molar-refractivity contribution in [3.05, 3.63) is 35.6 Å². The van der Waals surface area contributed by atoms with E-state index >= 15 is 0 Å². The van der Waals surface area contributed by atoms with Crippen molar-refractivity contribution in [3.8, 4) is 0 Å². The van der Waals surface area contributed by atoms with Crippen LogP contribution in [0.15, 0.2) is 24.3 Å². The minimum Gasteiger partial charge on any atom is -0.481 e. The van der Waals surface area contributed by atoms with Gasteiger partial charge in [-0.2, -0.15) is 0 Å². The van der Waals surface area contributed by atoms with Crippen LogP contribution in [0.2, 0.25) is 0 Å². The highest BCUT2D eigenvalue weighted by molar-refractivity contribution is 5.89. The fourth-order valence-electron chi connectivity index (χ4n) is 3.71. The Bertz CT molecular complexity index is 589. The Hall–Kier alpha value is -1.91. The van der Waals surface area contributed by atoms with Gasteiger partial charge in [0, 0.05) is 11.6 Å². The topological polar surface area (TPSA) is 66.4 Å². The van der Waals surface area contributed by atoms with Gasteiger partial charge in [0.05, 0.1) is 11.3 Å². The molecule has 118 valence electrons. The van der Waals surface area contributed by atoms with E-state index in [0.717, 1.165) is 12.8 Å². The van der Waals surface area contributed by atoms with E-state index in [1.165, 1.54) is 6.07 Å². The van der Waals surface area contributed by atoms with Gasteiger partial charge in [0.2, 0.25) is 5.91 Å². The van der Waals surface area contributed by atoms with Crippen LogP contribution in [0.4, 0.5) is 4.39 Å². The SMILES string of the molecule is O=C(O)C1CC(NC(=O)C2(c3ccccc3F)CCCC2)C1. The molecule has 2 fully saturated rings. The third-order valence-electron chi connectivity index (χ3n) is 5.10. The van der Waals surface area contributed by atoms with Crippen LogP contribution in [0.25, 0.3) is 0 Å². The molecule has 2 saturated carbocycles. The van der Waals surface area contributed by atoms with Crippen molar-refractivity contribution < 1.29 is 19.1 Å². The lowest BCUT2D eigenvalue weighted by molar-refractivity contribution is -0.146. The minimum absolute atomic E-state index is 0.0992. The summed E-state index contributed by atoms with van der Waals surface area (Å²) in [4.78, 5) is 23.6. The van der Waals surface area contributed by atoms with Crippen molar-refractivity contribution in [2.45, 2.75) is 50.0 Å². The Morgan fingerprint density at radius 3 is 2.41 bits per heavy atom. The smallest absolute Gasteiger partial charge is 0.306 e. The molecule has 0 bridgehead atoms. The van der Waals surface area contributed by atoms with Crippen molar-refractivity contribution in [2.75, 3.05) is 0 Å². The van der Waals surface area contributed by atoms with Crippen LogP contribution in [-0.2, 0) is 15.0 Å². The predicted molar refractivity (Wildman–Crippen MR) is 78.8 cm³/mol. The van der Waals surface area contributed by atoms with Crippen LogP contribution in [0.1, 0.15) is 44.1 Å². The normalized spacial score (nSPS) is 26.2. The Kier molecular flexibility index (Phi) is 3.89. The summed E-state index contributed by atoms with van der Waals surface area (Å²) >= 11 is 0. The Morgan fingerprint density at radius 1 is 1.18 bits per heavy atom. The first-order valence-electron chi connectivity index (χ1n) is 7.82. The van der Waals surface area contributed by atoms with Gasteiger partial charge in [-0.05, 0) is 31.7 Å². The third kappa shape index (κ3) is 2.49. The van der Waals surface area contributed by atoms with Crippen LogP contribution < -0.4 is 5.32 Å². The minimum atomic E-state index is -0.810. The van der Waals surface area contributed by atoms with Gasteiger partial charge in [-0.15, -0.1) is 0 Å². The van der Waals surface area contributed by atoms with E-state index in [9.17, 15) is 14.0 Å². The molecule has 0 spiro atoms. The molecule has 4 nitrogen and oxygen atoms in total. The molecule has 0 atom stereocenters. The second kappa shape index (κ2) is 5.71. The molecule has 0 unspecified atom stereocenters. The molecule has 2 N–H and O–H groups in total. The number of nitrogens with one attached hydrogen (secondary N) is 1. The zero-order chi connectivity index (χ0) is 15.7. The maximum Gasteiger partial charge on any atom is 0.306 e. The van der Waals surface area contributed by atoms with Gasteiger partial charge in [0.15, 0.2) is 0 Å². The standard InChI is InChI=1S/C17H20FNO3/c18-14-6-2-1-5-13(14)17(7-3-4-8-17)16(22)19-12-9-11(10-12)15(20)21/h1-2,5-6,11-12H,3-4,7-10H2,(H,19,22)(H,20,21). The number of carbonyl (C=O) groups excluding carboxylic acids is 1. The molecule has 5 heteroatoms. The van der Waals surface area contributed by atoms with Crippen LogP contribution in [0.3, 0.4) is 0 Å². The number of carboxylic acid groups (broad SMARTS) is 1. The van der Waals surface area contributed by atoms with Crippen LogP contribution >= 0.6 is 0 Å². The largest absolute Gasteiger partial charge is 0.481 e. The zero-order valence-corrected chi connectivity index (χ0v) is 12.3. The van der Waals surface area contributed by atoms with Crippen molar-refractivity contribution in [3.63, 3.8) is 0 Å². The molecule has 1 aromatic rings. The van der Waals surface area contributed by atoms with Gasteiger partial charge in [-0.25, -0.2) is 4.39 Å². The second-order valence-corrected chi connectivity index (χ2v) is 6.45. The van der Waals surface area contributed by atoms with E-state index in [1.807, 2.05) is 0 Å². The molecule has 0 radical (unpaired) electrons. The lowest BCUT2D eigenvalue weighted by Crippen LogP contribution is -2.52. The average Bonchev–Trinajstić information content (AvgIpc) is 2.92. The number of amides is 1. The summed E-state index contributed by atoms with van der Waals surface area (Å²) < 4.78 is 14.2. The molecule has 0 aromatic heterocycles. The molecule has 3 rings (SSSR count). The second-order valence-electron chi connectivity index (χ2n) is 6.45. The van der Waals surface area contributed by atoms with Crippen molar-refractivity contribution >= 4 is 11.9 Å². The first-order chi connectivity index (χ1) is 10.5. The monoisotopic (exact) mass is 305 g/mol. The van der Waals surface area contributed by atoms with Crippen LogP contribution in [0, 0.1) is 11.7 Å². The Balaban J connectivity index is 1.76. The van der Waals surface area contributed by atoms with Crippen molar-refractivity contribution in [1.82, 2.24) is 5.32 Å². The van der Waals surface area contributed by atoms with Gasteiger partial charge < -0.3 is 10.4 Å². The molecule has 22 heavy (non-hydrogen) atoms. The number of rotatable bonds is 4. The summed E-state index contributed by atoms with van der Waals surface area (Å²) in [5.74, 6) is -1.66. The van der Waals surface area contributed by atoms with Gasteiger partial charge in [-0.3, -0.25) is 9.59 Å². The molecule has 0 saturated heterocycles. The lowest BCUT2D eigenvalue weighted by Gasteiger charge is -2.37. The number of halogens is 1. The van der Waals surface area contributed by atoms with Crippen molar-refractivity contribution in [1.29, 1.82) is 0 Å². The van der Waals surface area contributed by atoms with E-state index in [0.29, 0.717) is 31.2 Å². The summed E-state index contributed by atoms with van der Waals surface area (Å²) in [6.45, 7) is 0. The van der Waals surface area contributed by atoms with Crippen molar-refractivity contribution in [2.24, 2.45) is 5.92 Å². The molecule has 2 aliphatic rings. The highest BCUT2D eigenvalue weighted by atomic mass is 19.1. The molecule has 1 aromatic carbocycles. The fraction of sp³-hybridized carbons (Fsp3) is 0.529. The average molecular weight is 305 g/mol. The zero-order valence-electron chi connectivity index (χ0n) is 12.3. The quantitative estimate of drug-likeness (QED) is 0.898. The fourth-order valence-corrected chi connectivity index (χ4v) is 3.71.